The van der Waals surface area contributed by atoms with Gasteiger partial charge in [-0.25, -0.2) is 14.9 Å². The van der Waals surface area contributed by atoms with Crippen molar-refractivity contribution in [2.24, 2.45) is 0 Å². The Labute approximate surface area is 104 Å². The van der Waals surface area contributed by atoms with Crippen LogP contribution < -0.4 is 15.9 Å². The van der Waals surface area contributed by atoms with Crippen LogP contribution in [0.1, 0.15) is 11.4 Å². The summed E-state index contributed by atoms with van der Waals surface area (Å²) in [4.78, 5) is 19.7. The zero-order valence-corrected chi connectivity index (χ0v) is 10.4. The molecule has 0 bridgehead atoms. The van der Waals surface area contributed by atoms with Crippen LogP contribution in [-0.2, 0) is 13.1 Å². The smallest absolute Gasteiger partial charge is 0.340 e. The first-order valence-corrected chi connectivity index (χ1v) is 5.61. The van der Waals surface area contributed by atoms with E-state index >= 15 is 0 Å². The molecular formula is C11H16N6O. The first-order chi connectivity index (χ1) is 8.65. The molecule has 0 atom stereocenters. The molecule has 0 fully saturated rings. The van der Waals surface area contributed by atoms with Crippen molar-refractivity contribution in [1.82, 2.24) is 25.5 Å². The summed E-state index contributed by atoms with van der Waals surface area (Å²) in [6.07, 6.45) is 1.83. The van der Waals surface area contributed by atoms with Gasteiger partial charge in [-0.05, 0) is 11.6 Å². The molecule has 7 nitrogen and oxygen atoms in total. The number of nitrogens with one attached hydrogen (secondary N) is 3. The number of hydrogen-bond acceptors (Lipinski definition) is 5. The Morgan fingerprint density at radius 1 is 1.33 bits per heavy atom. The van der Waals surface area contributed by atoms with Crippen molar-refractivity contribution in [1.29, 1.82) is 0 Å². The number of H-pyrrole nitrogens is 2. The highest BCUT2D eigenvalue weighted by Gasteiger charge is 1.99. The Kier molecular flexibility index (Phi) is 3.73. The van der Waals surface area contributed by atoms with Crippen molar-refractivity contribution in [3.8, 4) is 0 Å². The van der Waals surface area contributed by atoms with E-state index in [2.05, 4.69) is 25.5 Å². The monoisotopic (exact) mass is 248 g/mol. The fourth-order valence-corrected chi connectivity index (χ4v) is 1.50. The fraction of sp³-hybridized carbons (Fsp3) is 0.364. The van der Waals surface area contributed by atoms with Crippen LogP contribution in [0.3, 0.4) is 0 Å². The number of aromatic nitrogens is 4. The van der Waals surface area contributed by atoms with E-state index in [-0.39, 0.29) is 5.69 Å². The van der Waals surface area contributed by atoms with Crippen LogP contribution in [0, 0.1) is 0 Å². The van der Waals surface area contributed by atoms with Gasteiger partial charge in [-0.1, -0.05) is 6.07 Å². The van der Waals surface area contributed by atoms with Gasteiger partial charge in [-0.3, -0.25) is 4.98 Å². The molecule has 2 aromatic rings. The third-order valence-corrected chi connectivity index (χ3v) is 2.44. The van der Waals surface area contributed by atoms with Crippen molar-refractivity contribution in [2.45, 2.75) is 13.1 Å². The standard InChI is InChI=1S/C11H16N6O/c1-17(2)10-4-3-8(6-13-10)5-12-7-9-14-11(18)16-15-9/h3-4,6,12H,5,7H2,1-2H3,(H2,14,15,16,18). The van der Waals surface area contributed by atoms with Crippen LogP contribution in [0.4, 0.5) is 5.82 Å². The van der Waals surface area contributed by atoms with Gasteiger partial charge < -0.3 is 10.2 Å². The normalized spacial score (nSPS) is 10.6. The molecule has 96 valence electrons. The SMILES string of the molecule is CN(C)c1ccc(CNCc2n[nH]c(=O)[nH]2)cn1. The fourth-order valence-electron chi connectivity index (χ4n) is 1.50. The van der Waals surface area contributed by atoms with Gasteiger partial charge in [0.15, 0.2) is 0 Å². The van der Waals surface area contributed by atoms with Gasteiger partial charge in [0.1, 0.15) is 11.6 Å². The lowest BCUT2D eigenvalue weighted by Gasteiger charge is -2.11. The highest BCUT2D eigenvalue weighted by Crippen LogP contribution is 2.07. The second-order valence-corrected chi connectivity index (χ2v) is 4.15. The van der Waals surface area contributed by atoms with Gasteiger partial charge in [-0.2, -0.15) is 5.10 Å². The van der Waals surface area contributed by atoms with Crippen LogP contribution in [0.15, 0.2) is 23.1 Å². The lowest BCUT2D eigenvalue weighted by atomic mass is 10.3. The van der Waals surface area contributed by atoms with Crippen molar-refractivity contribution in [2.75, 3.05) is 19.0 Å². The van der Waals surface area contributed by atoms with Crippen molar-refractivity contribution >= 4 is 5.82 Å². The quantitative estimate of drug-likeness (QED) is 0.684. The summed E-state index contributed by atoms with van der Waals surface area (Å²) in [5.41, 5.74) is 0.794. The summed E-state index contributed by atoms with van der Waals surface area (Å²) < 4.78 is 0. The molecule has 0 amide bonds. The van der Waals surface area contributed by atoms with E-state index in [1.54, 1.807) is 0 Å². The second-order valence-electron chi connectivity index (χ2n) is 4.15. The van der Waals surface area contributed by atoms with E-state index < -0.39 is 0 Å². The Morgan fingerprint density at radius 3 is 2.72 bits per heavy atom. The Hall–Kier alpha value is -2.15. The van der Waals surface area contributed by atoms with Crippen molar-refractivity contribution in [3.05, 3.63) is 40.2 Å². The molecule has 0 spiro atoms. The predicted octanol–water partition coefficient (Wildman–Crippen LogP) is -0.151. The van der Waals surface area contributed by atoms with Gasteiger partial charge in [0.05, 0.1) is 6.54 Å². The Morgan fingerprint density at radius 2 is 2.17 bits per heavy atom. The molecule has 0 radical (unpaired) electrons. The lowest BCUT2D eigenvalue weighted by Crippen LogP contribution is -2.15. The summed E-state index contributed by atoms with van der Waals surface area (Å²) in [6, 6.07) is 3.98. The minimum absolute atomic E-state index is 0.288. The molecule has 2 aromatic heterocycles. The minimum Gasteiger partial charge on any atom is -0.363 e. The summed E-state index contributed by atoms with van der Waals surface area (Å²) in [7, 11) is 3.91. The topological polar surface area (TPSA) is 89.7 Å². The number of rotatable bonds is 5. The maximum absolute atomic E-state index is 10.8. The van der Waals surface area contributed by atoms with Crippen LogP contribution in [0.2, 0.25) is 0 Å². The molecule has 0 aliphatic heterocycles. The third kappa shape index (κ3) is 3.17. The molecule has 0 aliphatic carbocycles. The molecule has 2 heterocycles. The zero-order chi connectivity index (χ0) is 13.0. The number of aromatic amines is 2. The first kappa shape index (κ1) is 12.3. The summed E-state index contributed by atoms with van der Waals surface area (Å²) in [5, 5.41) is 9.30. The molecule has 0 aromatic carbocycles. The van der Waals surface area contributed by atoms with E-state index in [1.165, 1.54) is 0 Å². The summed E-state index contributed by atoms with van der Waals surface area (Å²) >= 11 is 0. The second kappa shape index (κ2) is 5.46. The number of pyridine rings is 1. The van der Waals surface area contributed by atoms with Gasteiger partial charge in [-0.15, -0.1) is 0 Å². The average molecular weight is 248 g/mol. The molecule has 0 unspecified atom stereocenters. The number of nitrogens with zero attached hydrogens (tertiary/aromatic N) is 3. The molecule has 2 rings (SSSR count). The molecule has 7 heteroatoms. The van der Waals surface area contributed by atoms with Gasteiger partial charge in [0, 0.05) is 26.8 Å². The highest BCUT2D eigenvalue weighted by atomic mass is 16.1. The Balaban J connectivity index is 1.85. The van der Waals surface area contributed by atoms with E-state index in [4.69, 9.17) is 0 Å². The number of hydrogen-bond donors (Lipinski definition) is 3. The minimum atomic E-state index is -0.288. The summed E-state index contributed by atoms with van der Waals surface area (Å²) in [6.45, 7) is 1.18. The van der Waals surface area contributed by atoms with Crippen molar-refractivity contribution < 1.29 is 0 Å². The van der Waals surface area contributed by atoms with Gasteiger partial charge in [0.25, 0.3) is 0 Å². The largest absolute Gasteiger partial charge is 0.363 e. The van der Waals surface area contributed by atoms with E-state index in [0.717, 1.165) is 11.4 Å². The average Bonchev–Trinajstić information content (AvgIpc) is 2.76. The number of anilines is 1. The third-order valence-electron chi connectivity index (χ3n) is 2.44. The maximum Gasteiger partial charge on any atom is 0.340 e. The molecule has 18 heavy (non-hydrogen) atoms. The zero-order valence-electron chi connectivity index (χ0n) is 10.4. The molecule has 0 saturated carbocycles. The van der Waals surface area contributed by atoms with Crippen LogP contribution in [0.5, 0.6) is 0 Å². The van der Waals surface area contributed by atoms with Gasteiger partial charge in [0.2, 0.25) is 0 Å². The molecule has 3 N–H and O–H groups in total. The van der Waals surface area contributed by atoms with E-state index in [0.29, 0.717) is 18.9 Å². The van der Waals surface area contributed by atoms with Crippen LogP contribution >= 0.6 is 0 Å². The van der Waals surface area contributed by atoms with Gasteiger partial charge >= 0.3 is 5.69 Å². The summed E-state index contributed by atoms with van der Waals surface area (Å²) in [5.74, 6) is 1.52. The van der Waals surface area contributed by atoms with Crippen LogP contribution in [0.25, 0.3) is 0 Å². The van der Waals surface area contributed by atoms with Crippen LogP contribution in [-0.4, -0.2) is 34.3 Å². The van der Waals surface area contributed by atoms with Crippen molar-refractivity contribution in [3.63, 3.8) is 0 Å². The van der Waals surface area contributed by atoms with E-state index in [9.17, 15) is 4.79 Å². The highest BCUT2D eigenvalue weighted by molar-refractivity contribution is 5.37. The lowest BCUT2D eigenvalue weighted by molar-refractivity contribution is 0.663. The molecular weight excluding hydrogens is 232 g/mol. The molecule has 0 aliphatic rings. The maximum atomic E-state index is 10.8. The first-order valence-electron chi connectivity index (χ1n) is 5.61. The molecule has 0 saturated heterocycles. The predicted molar refractivity (Wildman–Crippen MR) is 68.3 cm³/mol. The van der Waals surface area contributed by atoms with E-state index in [1.807, 2.05) is 37.3 Å². The Bertz CT molecular complexity index is 541.